The van der Waals surface area contributed by atoms with Crippen LogP contribution in [-0.4, -0.2) is 80.7 Å². The fraction of sp³-hybridized carbons (Fsp3) is 0.588. The van der Waals surface area contributed by atoms with Crippen LogP contribution in [0.2, 0.25) is 0 Å². The molecule has 1 atom stereocenters. The monoisotopic (exact) mass is 381 g/mol. The predicted octanol–water partition coefficient (Wildman–Crippen LogP) is 0.188. The van der Waals surface area contributed by atoms with E-state index in [1.807, 2.05) is 24.3 Å². The van der Waals surface area contributed by atoms with E-state index in [-0.39, 0.29) is 5.91 Å². The van der Waals surface area contributed by atoms with Crippen molar-refractivity contribution in [3.63, 3.8) is 0 Å². The number of hydrogen-bond donors (Lipinski definition) is 1. The van der Waals surface area contributed by atoms with Gasteiger partial charge in [-0.1, -0.05) is 0 Å². The van der Waals surface area contributed by atoms with E-state index in [0.29, 0.717) is 26.1 Å². The summed E-state index contributed by atoms with van der Waals surface area (Å²) in [6, 6.07) is 7.13. The maximum absolute atomic E-state index is 12.9. The molecule has 8 nitrogen and oxygen atoms in total. The Balaban J connectivity index is 1.64. The van der Waals surface area contributed by atoms with Gasteiger partial charge in [0.1, 0.15) is 6.04 Å². The molecule has 3 rings (SSSR count). The topological polar surface area (TPSA) is 90.2 Å². The number of carbonyl (C=O) groups is 1. The third kappa shape index (κ3) is 3.65. The standard InChI is InChI=1S/C17H27N5O3S/c1-19(2)26(24,25)22-9-3-4-16(22)17(23)21-12-10-20(11-13-21)15-7-5-14(18)6-8-15/h5-8,16H,3-4,9-13,18H2,1-2H3/t16-/m1/s1. The Labute approximate surface area is 155 Å². The predicted molar refractivity (Wildman–Crippen MR) is 102 cm³/mol. The molecular weight excluding hydrogens is 354 g/mol. The highest BCUT2D eigenvalue weighted by Gasteiger charge is 2.41. The quantitative estimate of drug-likeness (QED) is 0.752. The summed E-state index contributed by atoms with van der Waals surface area (Å²) in [5.74, 6) is -0.0788. The number of piperazine rings is 1. The Kier molecular flexibility index (Phi) is 5.40. The Morgan fingerprint density at radius 1 is 1.08 bits per heavy atom. The highest BCUT2D eigenvalue weighted by molar-refractivity contribution is 7.86. The molecule has 2 aliphatic heterocycles. The first-order valence-electron chi connectivity index (χ1n) is 8.89. The molecule has 0 bridgehead atoms. The van der Waals surface area contributed by atoms with Gasteiger partial charge in [0, 0.05) is 58.2 Å². The van der Waals surface area contributed by atoms with Crippen molar-refractivity contribution in [2.45, 2.75) is 18.9 Å². The summed E-state index contributed by atoms with van der Waals surface area (Å²) in [6.45, 7) is 3.04. The molecule has 2 heterocycles. The van der Waals surface area contributed by atoms with E-state index in [1.54, 1.807) is 4.90 Å². The number of amides is 1. The first-order valence-corrected chi connectivity index (χ1v) is 10.3. The minimum Gasteiger partial charge on any atom is -0.399 e. The van der Waals surface area contributed by atoms with Gasteiger partial charge in [-0.05, 0) is 37.1 Å². The fourth-order valence-electron chi connectivity index (χ4n) is 3.55. The lowest BCUT2D eigenvalue weighted by molar-refractivity contribution is -0.135. The molecule has 1 aromatic carbocycles. The van der Waals surface area contributed by atoms with E-state index >= 15 is 0 Å². The van der Waals surface area contributed by atoms with Crippen molar-refractivity contribution in [2.75, 3.05) is 57.5 Å². The molecule has 9 heteroatoms. The van der Waals surface area contributed by atoms with Crippen molar-refractivity contribution in [3.05, 3.63) is 24.3 Å². The van der Waals surface area contributed by atoms with Gasteiger partial charge in [-0.2, -0.15) is 17.0 Å². The van der Waals surface area contributed by atoms with Gasteiger partial charge < -0.3 is 15.5 Å². The van der Waals surface area contributed by atoms with Crippen molar-refractivity contribution in [2.24, 2.45) is 0 Å². The second-order valence-electron chi connectivity index (χ2n) is 6.96. The molecule has 2 saturated heterocycles. The summed E-state index contributed by atoms with van der Waals surface area (Å²) in [6.07, 6.45) is 1.30. The van der Waals surface area contributed by atoms with E-state index in [9.17, 15) is 13.2 Å². The molecule has 2 N–H and O–H groups in total. The van der Waals surface area contributed by atoms with Gasteiger partial charge in [0.25, 0.3) is 10.2 Å². The largest absolute Gasteiger partial charge is 0.399 e. The molecule has 0 aliphatic carbocycles. The van der Waals surface area contributed by atoms with Gasteiger partial charge in [-0.25, -0.2) is 0 Å². The lowest BCUT2D eigenvalue weighted by Gasteiger charge is -2.38. The van der Waals surface area contributed by atoms with Crippen LogP contribution in [-0.2, 0) is 15.0 Å². The number of nitrogen functional groups attached to an aromatic ring is 1. The first kappa shape index (κ1) is 18.9. The average molecular weight is 382 g/mol. The number of nitrogens with zero attached hydrogens (tertiary/aromatic N) is 4. The van der Waals surface area contributed by atoms with Crippen LogP contribution in [0.15, 0.2) is 24.3 Å². The van der Waals surface area contributed by atoms with E-state index in [4.69, 9.17) is 5.73 Å². The van der Waals surface area contributed by atoms with Crippen LogP contribution < -0.4 is 10.6 Å². The first-order chi connectivity index (χ1) is 12.3. The molecule has 144 valence electrons. The summed E-state index contributed by atoms with van der Waals surface area (Å²) in [7, 11) is -0.569. The van der Waals surface area contributed by atoms with Crippen LogP contribution in [0.4, 0.5) is 11.4 Å². The Bertz CT molecular complexity index is 742. The maximum Gasteiger partial charge on any atom is 0.282 e. The molecule has 1 amide bonds. The highest BCUT2D eigenvalue weighted by Crippen LogP contribution is 2.25. The third-order valence-corrected chi connectivity index (χ3v) is 7.05. The lowest BCUT2D eigenvalue weighted by Crippen LogP contribution is -2.55. The summed E-state index contributed by atoms with van der Waals surface area (Å²) in [4.78, 5) is 16.9. The van der Waals surface area contributed by atoms with E-state index < -0.39 is 16.3 Å². The molecule has 0 radical (unpaired) electrons. The molecular formula is C17H27N5O3S. The summed E-state index contributed by atoms with van der Waals surface area (Å²) in [5.41, 5.74) is 7.54. The number of anilines is 2. The van der Waals surface area contributed by atoms with E-state index in [2.05, 4.69) is 4.90 Å². The Morgan fingerprint density at radius 2 is 1.69 bits per heavy atom. The second kappa shape index (κ2) is 7.42. The number of benzene rings is 1. The van der Waals surface area contributed by atoms with Crippen molar-refractivity contribution in [1.82, 2.24) is 13.5 Å². The zero-order valence-electron chi connectivity index (χ0n) is 15.3. The van der Waals surface area contributed by atoms with Crippen LogP contribution in [0.1, 0.15) is 12.8 Å². The smallest absolute Gasteiger partial charge is 0.282 e. The van der Waals surface area contributed by atoms with Crippen molar-refractivity contribution >= 4 is 27.5 Å². The molecule has 2 fully saturated rings. The normalized spacial score (nSPS) is 22.2. The zero-order valence-corrected chi connectivity index (χ0v) is 16.2. The Hall–Kier alpha value is -1.84. The maximum atomic E-state index is 12.9. The van der Waals surface area contributed by atoms with Crippen LogP contribution in [0, 0.1) is 0 Å². The number of carbonyl (C=O) groups excluding carboxylic acids is 1. The third-order valence-electron chi connectivity index (χ3n) is 5.10. The van der Waals surface area contributed by atoms with E-state index in [1.165, 1.54) is 22.7 Å². The second-order valence-corrected chi connectivity index (χ2v) is 9.06. The number of hydrogen-bond acceptors (Lipinski definition) is 5. The van der Waals surface area contributed by atoms with Crippen LogP contribution >= 0.6 is 0 Å². The van der Waals surface area contributed by atoms with Gasteiger partial charge in [0.15, 0.2) is 0 Å². The van der Waals surface area contributed by atoms with E-state index in [0.717, 1.165) is 30.9 Å². The molecule has 1 aromatic rings. The summed E-state index contributed by atoms with van der Waals surface area (Å²) >= 11 is 0. The lowest BCUT2D eigenvalue weighted by atomic mass is 10.1. The molecule has 0 unspecified atom stereocenters. The minimum absolute atomic E-state index is 0.0788. The van der Waals surface area contributed by atoms with Crippen LogP contribution in [0.3, 0.4) is 0 Å². The number of rotatable bonds is 4. The highest BCUT2D eigenvalue weighted by atomic mass is 32.2. The minimum atomic E-state index is -3.57. The van der Waals surface area contributed by atoms with Crippen molar-refractivity contribution < 1.29 is 13.2 Å². The molecule has 0 spiro atoms. The van der Waals surface area contributed by atoms with Crippen LogP contribution in [0.5, 0.6) is 0 Å². The fourth-order valence-corrected chi connectivity index (χ4v) is 4.85. The van der Waals surface area contributed by atoms with Crippen molar-refractivity contribution in [1.29, 1.82) is 0 Å². The molecule has 0 aromatic heterocycles. The van der Waals surface area contributed by atoms with Gasteiger partial charge in [-0.15, -0.1) is 0 Å². The van der Waals surface area contributed by atoms with Gasteiger partial charge in [0.05, 0.1) is 0 Å². The summed E-state index contributed by atoms with van der Waals surface area (Å²) < 4.78 is 27.4. The summed E-state index contributed by atoms with van der Waals surface area (Å²) in [5, 5.41) is 0. The zero-order chi connectivity index (χ0) is 18.9. The molecule has 26 heavy (non-hydrogen) atoms. The molecule has 2 aliphatic rings. The van der Waals surface area contributed by atoms with Gasteiger partial charge >= 0.3 is 0 Å². The van der Waals surface area contributed by atoms with Crippen molar-refractivity contribution in [3.8, 4) is 0 Å². The van der Waals surface area contributed by atoms with Gasteiger partial charge in [-0.3, -0.25) is 4.79 Å². The average Bonchev–Trinajstić information content (AvgIpc) is 3.12. The number of nitrogens with two attached hydrogens (primary N) is 1. The van der Waals surface area contributed by atoms with Crippen LogP contribution in [0.25, 0.3) is 0 Å². The molecule has 0 saturated carbocycles. The van der Waals surface area contributed by atoms with Gasteiger partial charge in [0.2, 0.25) is 5.91 Å². The Morgan fingerprint density at radius 3 is 2.27 bits per heavy atom. The SMILES string of the molecule is CN(C)S(=O)(=O)N1CCC[C@@H]1C(=O)N1CCN(c2ccc(N)cc2)CC1.